The van der Waals surface area contributed by atoms with Crippen LogP contribution in [0.4, 0.5) is 5.69 Å². The predicted molar refractivity (Wildman–Crippen MR) is 97.5 cm³/mol. The van der Waals surface area contributed by atoms with Gasteiger partial charge in [-0.15, -0.1) is 0 Å². The first kappa shape index (κ1) is 17.7. The fourth-order valence-corrected chi connectivity index (χ4v) is 2.28. The Morgan fingerprint density at radius 1 is 1.00 bits per heavy atom. The Morgan fingerprint density at radius 3 is 2.33 bits per heavy atom. The van der Waals surface area contributed by atoms with E-state index in [0.717, 1.165) is 23.2 Å². The smallest absolute Gasteiger partial charge is 0.255 e. The summed E-state index contributed by atoms with van der Waals surface area (Å²) in [4.78, 5) is 24.7. The quantitative estimate of drug-likeness (QED) is 0.870. The SMILES string of the molecule is CCC(C)NC(=O)c1cccc(C(=O)Nc2cc(C)ccc2C)c1. The molecule has 0 fully saturated rings. The van der Waals surface area contributed by atoms with Gasteiger partial charge in [0.15, 0.2) is 0 Å². The minimum absolute atomic E-state index is 0.102. The molecule has 0 heterocycles. The number of amides is 2. The van der Waals surface area contributed by atoms with Gasteiger partial charge in [-0.1, -0.05) is 25.1 Å². The molecule has 0 saturated carbocycles. The van der Waals surface area contributed by atoms with Gasteiger partial charge in [0.2, 0.25) is 0 Å². The van der Waals surface area contributed by atoms with Crippen molar-refractivity contribution in [1.29, 1.82) is 0 Å². The molecule has 126 valence electrons. The Labute approximate surface area is 143 Å². The highest BCUT2D eigenvalue weighted by Crippen LogP contribution is 2.18. The topological polar surface area (TPSA) is 58.2 Å². The van der Waals surface area contributed by atoms with E-state index in [0.29, 0.717) is 11.1 Å². The van der Waals surface area contributed by atoms with Crippen molar-refractivity contribution in [2.24, 2.45) is 0 Å². The van der Waals surface area contributed by atoms with Gasteiger partial charge < -0.3 is 10.6 Å². The van der Waals surface area contributed by atoms with E-state index < -0.39 is 0 Å². The van der Waals surface area contributed by atoms with E-state index in [1.165, 1.54) is 0 Å². The maximum atomic E-state index is 12.5. The van der Waals surface area contributed by atoms with E-state index in [1.807, 2.05) is 45.9 Å². The van der Waals surface area contributed by atoms with Crippen molar-refractivity contribution in [3.05, 3.63) is 64.7 Å². The maximum absolute atomic E-state index is 12.5. The normalized spacial score (nSPS) is 11.7. The van der Waals surface area contributed by atoms with E-state index in [4.69, 9.17) is 0 Å². The molecule has 1 atom stereocenters. The fourth-order valence-electron chi connectivity index (χ4n) is 2.28. The van der Waals surface area contributed by atoms with Crippen LogP contribution in [0.3, 0.4) is 0 Å². The average molecular weight is 324 g/mol. The number of rotatable bonds is 5. The molecule has 0 aromatic heterocycles. The molecular weight excluding hydrogens is 300 g/mol. The lowest BCUT2D eigenvalue weighted by Crippen LogP contribution is -2.32. The molecular formula is C20H24N2O2. The summed E-state index contributed by atoms with van der Waals surface area (Å²) in [7, 11) is 0. The summed E-state index contributed by atoms with van der Waals surface area (Å²) < 4.78 is 0. The minimum atomic E-state index is -0.220. The summed E-state index contributed by atoms with van der Waals surface area (Å²) in [5, 5.41) is 5.82. The van der Waals surface area contributed by atoms with Crippen molar-refractivity contribution in [3.8, 4) is 0 Å². The molecule has 0 aliphatic heterocycles. The first-order chi connectivity index (χ1) is 11.4. The Morgan fingerprint density at radius 2 is 1.67 bits per heavy atom. The van der Waals surface area contributed by atoms with Crippen molar-refractivity contribution >= 4 is 17.5 Å². The van der Waals surface area contributed by atoms with Gasteiger partial charge in [-0.25, -0.2) is 0 Å². The standard InChI is InChI=1S/C20H24N2O2/c1-5-15(4)21-19(23)16-7-6-8-17(12-16)20(24)22-18-11-13(2)9-10-14(18)3/h6-12,15H,5H2,1-4H3,(H,21,23)(H,22,24). The van der Waals surface area contributed by atoms with Crippen LogP contribution in [0.1, 0.15) is 52.1 Å². The zero-order chi connectivity index (χ0) is 17.7. The molecule has 2 rings (SSSR count). The van der Waals surface area contributed by atoms with Crippen LogP contribution in [-0.2, 0) is 0 Å². The Kier molecular flexibility index (Phi) is 5.74. The summed E-state index contributed by atoms with van der Waals surface area (Å²) in [6.45, 7) is 7.90. The summed E-state index contributed by atoms with van der Waals surface area (Å²) in [5.74, 6) is -0.382. The number of carbonyl (C=O) groups is 2. The van der Waals surface area contributed by atoms with Gasteiger partial charge in [-0.05, 0) is 62.6 Å². The summed E-state index contributed by atoms with van der Waals surface area (Å²) >= 11 is 0. The van der Waals surface area contributed by atoms with Gasteiger partial charge in [-0.3, -0.25) is 9.59 Å². The van der Waals surface area contributed by atoms with E-state index >= 15 is 0 Å². The van der Waals surface area contributed by atoms with Gasteiger partial charge in [0.1, 0.15) is 0 Å². The third-order valence-corrected chi connectivity index (χ3v) is 4.02. The third kappa shape index (κ3) is 4.44. The molecule has 4 heteroatoms. The molecule has 2 amide bonds. The number of hydrogen-bond acceptors (Lipinski definition) is 2. The van der Waals surface area contributed by atoms with E-state index in [2.05, 4.69) is 10.6 Å². The van der Waals surface area contributed by atoms with Crippen LogP contribution in [0.2, 0.25) is 0 Å². The minimum Gasteiger partial charge on any atom is -0.350 e. The number of hydrogen-bond donors (Lipinski definition) is 2. The van der Waals surface area contributed by atoms with Gasteiger partial charge in [-0.2, -0.15) is 0 Å². The van der Waals surface area contributed by atoms with Crippen LogP contribution in [0.5, 0.6) is 0 Å². The second-order valence-corrected chi connectivity index (χ2v) is 6.14. The van der Waals surface area contributed by atoms with Gasteiger partial charge >= 0.3 is 0 Å². The fraction of sp³-hybridized carbons (Fsp3) is 0.300. The van der Waals surface area contributed by atoms with E-state index in [1.54, 1.807) is 24.3 Å². The Bertz CT molecular complexity index is 753. The molecule has 0 radical (unpaired) electrons. The lowest BCUT2D eigenvalue weighted by atomic mass is 10.1. The predicted octanol–water partition coefficient (Wildman–Crippen LogP) is 4.08. The first-order valence-electron chi connectivity index (χ1n) is 8.20. The van der Waals surface area contributed by atoms with Crippen LogP contribution in [0.15, 0.2) is 42.5 Å². The number of benzene rings is 2. The van der Waals surface area contributed by atoms with Gasteiger partial charge in [0.05, 0.1) is 0 Å². The van der Waals surface area contributed by atoms with Crippen molar-refractivity contribution < 1.29 is 9.59 Å². The lowest BCUT2D eigenvalue weighted by Gasteiger charge is -2.12. The summed E-state index contributed by atoms with van der Waals surface area (Å²) in [6.07, 6.45) is 0.860. The highest BCUT2D eigenvalue weighted by molar-refractivity contribution is 6.06. The molecule has 0 spiro atoms. The second kappa shape index (κ2) is 7.77. The molecule has 4 nitrogen and oxygen atoms in total. The molecule has 2 N–H and O–H groups in total. The van der Waals surface area contributed by atoms with Gasteiger partial charge in [0, 0.05) is 22.9 Å². The van der Waals surface area contributed by atoms with Crippen LogP contribution < -0.4 is 10.6 Å². The molecule has 1 unspecified atom stereocenters. The van der Waals surface area contributed by atoms with Crippen molar-refractivity contribution in [1.82, 2.24) is 5.32 Å². The zero-order valence-corrected chi connectivity index (χ0v) is 14.6. The molecule has 0 bridgehead atoms. The first-order valence-corrected chi connectivity index (χ1v) is 8.20. The van der Waals surface area contributed by atoms with E-state index in [9.17, 15) is 9.59 Å². The molecule has 24 heavy (non-hydrogen) atoms. The second-order valence-electron chi connectivity index (χ2n) is 6.14. The molecule has 2 aromatic rings. The van der Waals surface area contributed by atoms with Gasteiger partial charge in [0.25, 0.3) is 11.8 Å². The molecule has 0 aliphatic carbocycles. The largest absolute Gasteiger partial charge is 0.350 e. The number of aryl methyl sites for hydroxylation is 2. The van der Waals surface area contributed by atoms with Crippen molar-refractivity contribution in [3.63, 3.8) is 0 Å². The summed E-state index contributed by atoms with van der Waals surface area (Å²) in [5.41, 5.74) is 3.82. The van der Waals surface area contributed by atoms with Crippen LogP contribution in [-0.4, -0.2) is 17.9 Å². The highest BCUT2D eigenvalue weighted by Gasteiger charge is 2.13. The van der Waals surface area contributed by atoms with Crippen LogP contribution >= 0.6 is 0 Å². The Hall–Kier alpha value is -2.62. The lowest BCUT2D eigenvalue weighted by molar-refractivity contribution is 0.0939. The maximum Gasteiger partial charge on any atom is 0.255 e. The van der Waals surface area contributed by atoms with Crippen molar-refractivity contribution in [2.75, 3.05) is 5.32 Å². The zero-order valence-electron chi connectivity index (χ0n) is 14.6. The van der Waals surface area contributed by atoms with Crippen LogP contribution in [0.25, 0.3) is 0 Å². The highest BCUT2D eigenvalue weighted by atomic mass is 16.2. The third-order valence-electron chi connectivity index (χ3n) is 4.02. The summed E-state index contributed by atoms with van der Waals surface area (Å²) in [6, 6.07) is 12.8. The van der Waals surface area contributed by atoms with Crippen LogP contribution in [0, 0.1) is 13.8 Å². The number of nitrogens with one attached hydrogen (secondary N) is 2. The number of anilines is 1. The van der Waals surface area contributed by atoms with E-state index in [-0.39, 0.29) is 17.9 Å². The monoisotopic (exact) mass is 324 g/mol. The Balaban J connectivity index is 2.17. The number of carbonyl (C=O) groups excluding carboxylic acids is 2. The molecule has 0 saturated heterocycles. The molecule has 0 aliphatic rings. The average Bonchev–Trinajstić information content (AvgIpc) is 2.58. The van der Waals surface area contributed by atoms with Crippen molar-refractivity contribution in [2.45, 2.75) is 40.2 Å². The molecule has 2 aromatic carbocycles.